The Morgan fingerprint density at radius 3 is 2.43 bits per heavy atom. The fourth-order valence-electron chi connectivity index (χ4n) is 1.68. The highest BCUT2D eigenvalue weighted by atomic mass is 32.1. The van der Waals surface area contributed by atoms with Crippen LogP contribution in [-0.2, 0) is 0 Å². The maximum Gasteiger partial charge on any atom is 0.170 e. The molecule has 0 fully saturated rings. The minimum absolute atomic E-state index is 0.272. The number of rotatable bonds is 5. The van der Waals surface area contributed by atoms with Gasteiger partial charge in [-0.3, -0.25) is 0 Å². The summed E-state index contributed by atoms with van der Waals surface area (Å²) in [5, 5.41) is 6.48. The zero-order valence-corrected chi connectivity index (χ0v) is 12.5. The number of hydrogen-bond donors (Lipinski definition) is 2. The molecule has 0 spiro atoms. The quantitative estimate of drug-likeness (QED) is 0.654. The first kappa shape index (κ1) is 15.3. The molecule has 0 bridgehead atoms. The molecule has 3 nitrogen and oxygen atoms in total. The maximum atomic E-state index is 12.8. The Morgan fingerprint density at radius 1 is 1.10 bits per heavy atom. The molecule has 0 radical (unpaired) electrons. The van der Waals surface area contributed by atoms with Gasteiger partial charge in [0.2, 0.25) is 0 Å². The fourth-order valence-corrected chi connectivity index (χ4v) is 1.90. The molecule has 2 aromatic rings. The highest BCUT2D eigenvalue weighted by Gasteiger charge is 1.98. The van der Waals surface area contributed by atoms with Crippen molar-refractivity contribution in [3.8, 4) is 5.75 Å². The molecular formula is C16H17FN2OS. The molecule has 2 rings (SSSR count). The molecule has 5 heteroatoms. The molecule has 110 valence electrons. The van der Waals surface area contributed by atoms with Crippen molar-refractivity contribution in [1.29, 1.82) is 0 Å². The molecule has 0 atom stereocenters. The summed E-state index contributed by atoms with van der Waals surface area (Å²) < 4.78 is 18.3. The summed E-state index contributed by atoms with van der Waals surface area (Å²) in [6.07, 6.45) is 0. The van der Waals surface area contributed by atoms with E-state index in [-0.39, 0.29) is 5.82 Å². The number of halogens is 1. The summed E-state index contributed by atoms with van der Waals surface area (Å²) in [6.45, 7) is 3.13. The minimum atomic E-state index is -0.272. The standard InChI is InChI=1S/C16H17FN2OS/c1-12-2-8-15(9-3-12)20-11-10-18-16(21)19-14-6-4-13(17)5-7-14/h2-9H,10-11H2,1H3,(H2,18,19,21). The highest BCUT2D eigenvalue weighted by Crippen LogP contribution is 2.11. The zero-order chi connectivity index (χ0) is 15.1. The molecule has 0 aliphatic rings. The van der Waals surface area contributed by atoms with Crippen molar-refractivity contribution in [2.24, 2.45) is 0 Å². The van der Waals surface area contributed by atoms with E-state index < -0.39 is 0 Å². The van der Waals surface area contributed by atoms with Crippen molar-refractivity contribution >= 4 is 23.0 Å². The van der Waals surface area contributed by atoms with Crippen molar-refractivity contribution in [2.45, 2.75) is 6.92 Å². The van der Waals surface area contributed by atoms with Crippen molar-refractivity contribution in [3.63, 3.8) is 0 Å². The molecule has 0 saturated carbocycles. The third-order valence-corrected chi connectivity index (χ3v) is 3.03. The van der Waals surface area contributed by atoms with Crippen LogP contribution in [0.1, 0.15) is 5.56 Å². The van der Waals surface area contributed by atoms with Gasteiger partial charge in [-0.1, -0.05) is 17.7 Å². The average Bonchev–Trinajstić information content (AvgIpc) is 2.48. The predicted octanol–water partition coefficient (Wildman–Crippen LogP) is 3.50. The summed E-state index contributed by atoms with van der Waals surface area (Å²) >= 11 is 5.14. The third kappa shape index (κ3) is 5.39. The Labute approximate surface area is 129 Å². The summed E-state index contributed by atoms with van der Waals surface area (Å²) in [7, 11) is 0. The minimum Gasteiger partial charge on any atom is -0.492 e. The van der Waals surface area contributed by atoms with Crippen LogP contribution >= 0.6 is 12.2 Å². The van der Waals surface area contributed by atoms with Gasteiger partial charge in [-0.05, 0) is 55.5 Å². The van der Waals surface area contributed by atoms with Crippen LogP contribution in [0.2, 0.25) is 0 Å². The molecular weight excluding hydrogens is 287 g/mol. The summed E-state index contributed by atoms with van der Waals surface area (Å²) in [4.78, 5) is 0. The van der Waals surface area contributed by atoms with Gasteiger partial charge in [-0.15, -0.1) is 0 Å². The van der Waals surface area contributed by atoms with Gasteiger partial charge in [0.15, 0.2) is 5.11 Å². The van der Waals surface area contributed by atoms with Gasteiger partial charge in [-0.2, -0.15) is 0 Å². The van der Waals surface area contributed by atoms with Gasteiger partial charge in [0.25, 0.3) is 0 Å². The molecule has 2 N–H and O–H groups in total. The molecule has 0 saturated heterocycles. The lowest BCUT2D eigenvalue weighted by molar-refractivity contribution is 0.322. The van der Waals surface area contributed by atoms with Crippen molar-refractivity contribution < 1.29 is 9.13 Å². The Morgan fingerprint density at radius 2 is 1.76 bits per heavy atom. The molecule has 0 amide bonds. The monoisotopic (exact) mass is 304 g/mol. The second kappa shape index (κ2) is 7.59. The SMILES string of the molecule is Cc1ccc(OCCNC(=S)Nc2ccc(F)cc2)cc1. The lowest BCUT2D eigenvalue weighted by Crippen LogP contribution is -2.31. The second-order valence-corrected chi connectivity index (χ2v) is 4.96. The van der Waals surface area contributed by atoms with Crippen LogP contribution in [0, 0.1) is 12.7 Å². The number of benzene rings is 2. The lowest BCUT2D eigenvalue weighted by Gasteiger charge is -2.11. The fraction of sp³-hybridized carbons (Fsp3) is 0.188. The smallest absolute Gasteiger partial charge is 0.170 e. The Hall–Kier alpha value is -2.14. The molecule has 21 heavy (non-hydrogen) atoms. The largest absolute Gasteiger partial charge is 0.492 e. The first-order chi connectivity index (χ1) is 10.1. The Balaban J connectivity index is 1.67. The van der Waals surface area contributed by atoms with E-state index in [1.54, 1.807) is 12.1 Å². The normalized spacial score (nSPS) is 10.0. The van der Waals surface area contributed by atoms with Crippen molar-refractivity contribution in [2.75, 3.05) is 18.5 Å². The Bertz CT molecular complexity index is 584. The maximum absolute atomic E-state index is 12.8. The highest BCUT2D eigenvalue weighted by molar-refractivity contribution is 7.80. The van der Waals surface area contributed by atoms with E-state index in [0.29, 0.717) is 18.3 Å². The van der Waals surface area contributed by atoms with E-state index in [0.717, 1.165) is 11.4 Å². The zero-order valence-electron chi connectivity index (χ0n) is 11.7. The molecule has 0 aliphatic heterocycles. The number of nitrogens with one attached hydrogen (secondary N) is 2. The summed E-state index contributed by atoms with van der Waals surface area (Å²) in [5.41, 5.74) is 1.94. The molecule has 0 aliphatic carbocycles. The molecule has 0 heterocycles. The lowest BCUT2D eigenvalue weighted by atomic mass is 10.2. The number of ether oxygens (including phenoxy) is 1. The van der Waals surface area contributed by atoms with E-state index in [4.69, 9.17) is 17.0 Å². The van der Waals surface area contributed by atoms with Gasteiger partial charge in [-0.25, -0.2) is 4.39 Å². The van der Waals surface area contributed by atoms with E-state index in [1.165, 1.54) is 17.7 Å². The van der Waals surface area contributed by atoms with Crippen LogP contribution in [0.3, 0.4) is 0 Å². The summed E-state index contributed by atoms with van der Waals surface area (Å²) in [5.74, 6) is 0.561. The van der Waals surface area contributed by atoms with E-state index >= 15 is 0 Å². The molecule has 0 unspecified atom stereocenters. The Kier molecular flexibility index (Phi) is 5.51. The number of hydrogen-bond acceptors (Lipinski definition) is 2. The van der Waals surface area contributed by atoms with Crippen LogP contribution in [0.25, 0.3) is 0 Å². The topological polar surface area (TPSA) is 33.3 Å². The van der Waals surface area contributed by atoms with E-state index in [2.05, 4.69) is 10.6 Å². The third-order valence-electron chi connectivity index (χ3n) is 2.78. The number of aryl methyl sites for hydroxylation is 1. The molecule has 2 aromatic carbocycles. The van der Waals surface area contributed by atoms with Gasteiger partial charge in [0.05, 0.1) is 6.54 Å². The second-order valence-electron chi connectivity index (χ2n) is 4.55. The van der Waals surface area contributed by atoms with Crippen LogP contribution < -0.4 is 15.4 Å². The van der Waals surface area contributed by atoms with Gasteiger partial charge in [0, 0.05) is 5.69 Å². The number of thiocarbonyl (C=S) groups is 1. The van der Waals surface area contributed by atoms with Gasteiger partial charge >= 0.3 is 0 Å². The first-order valence-electron chi connectivity index (χ1n) is 6.63. The van der Waals surface area contributed by atoms with E-state index in [9.17, 15) is 4.39 Å². The van der Waals surface area contributed by atoms with Crippen molar-refractivity contribution in [1.82, 2.24) is 5.32 Å². The summed E-state index contributed by atoms with van der Waals surface area (Å²) in [6, 6.07) is 13.9. The van der Waals surface area contributed by atoms with Crippen LogP contribution in [0.4, 0.5) is 10.1 Å². The van der Waals surface area contributed by atoms with Crippen LogP contribution in [0.5, 0.6) is 5.75 Å². The van der Waals surface area contributed by atoms with Crippen LogP contribution in [-0.4, -0.2) is 18.3 Å². The van der Waals surface area contributed by atoms with Crippen molar-refractivity contribution in [3.05, 3.63) is 59.9 Å². The average molecular weight is 304 g/mol. The van der Waals surface area contributed by atoms with E-state index in [1.807, 2.05) is 31.2 Å². The molecule has 0 aromatic heterocycles. The predicted molar refractivity (Wildman–Crippen MR) is 87.3 cm³/mol. The first-order valence-corrected chi connectivity index (χ1v) is 7.04. The van der Waals surface area contributed by atoms with Gasteiger partial charge in [0.1, 0.15) is 18.2 Å². The van der Waals surface area contributed by atoms with Crippen LogP contribution in [0.15, 0.2) is 48.5 Å². The van der Waals surface area contributed by atoms with Gasteiger partial charge < -0.3 is 15.4 Å². The number of anilines is 1.